The van der Waals surface area contributed by atoms with E-state index in [4.69, 9.17) is 4.74 Å². The zero-order valence-electron chi connectivity index (χ0n) is 14.8. The van der Waals surface area contributed by atoms with Gasteiger partial charge in [-0.1, -0.05) is 0 Å². The van der Waals surface area contributed by atoms with E-state index >= 15 is 0 Å². The van der Waals surface area contributed by atoms with Crippen molar-refractivity contribution in [2.75, 3.05) is 27.2 Å². The Morgan fingerprint density at radius 3 is 2.70 bits per heavy atom. The number of halogens is 4. The van der Waals surface area contributed by atoms with Gasteiger partial charge in [0.25, 0.3) is 5.91 Å². The molecule has 0 bridgehead atoms. The number of amides is 1. The summed E-state index contributed by atoms with van der Waals surface area (Å²) in [6, 6.07) is 2.84. The van der Waals surface area contributed by atoms with Gasteiger partial charge in [-0.2, -0.15) is 18.3 Å². The smallest absolute Gasteiger partial charge is 0.406 e. The van der Waals surface area contributed by atoms with Crippen LogP contribution in [0.15, 0.2) is 34.3 Å². The largest absolute Gasteiger partial charge is 0.492 e. The van der Waals surface area contributed by atoms with Crippen LogP contribution in [0.5, 0.6) is 5.75 Å². The fraction of sp³-hybridized carbons (Fsp3) is 0.471. The minimum Gasteiger partial charge on any atom is -0.492 e. The van der Waals surface area contributed by atoms with Crippen molar-refractivity contribution in [3.05, 3.63) is 41.0 Å². The molecule has 0 radical (unpaired) electrons. The Balaban J connectivity index is 1.80. The molecule has 0 aliphatic carbocycles. The number of rotatable bonds is 5. The van der Waals surface area contributed by atoms with E-state index < -0.39 is 23.8 Å². The summed E-state index contributed by atoms with van der Waals surface area (Å²) >= 11 is 0. The normalized spacial score (nSPS) is 19.5. The summed E-state index contributed by atoms with van der Waals surface area (Å²) in [4.78, 5) is 14.8. The fourth-order valence-corrected chi connectivity index (χ4v) is 3.02. The van der Waals surface area contributed by atoms with Gasteiger partial charge >= 0.3 is 6.18 Å². The van der Waals surface area contributed by atoms with E-state index in [1.54, 1.807) is 6.07 Å². The molecule has 1 aromatic carbocycles. The topological polar surface area (TPSA) is 57.5 Å². The Kier molecular flexibility index (Phi) is 5.18. The average molecular weight is 386 g/mol. The maximum Gasteiger partial charge on any atom is 0.406 e. The van der Waals surface area contributed by atoms with E-state index in [0.29, 0.717) is 24.5 Å². The lowest BCUT2D eigenvalue weighted by Gasteiger charge is -2.28. The van der Waals surface area contributed by atoms with Crippen LogP contribution in [0.1, 0.15) is 11.1 Å². The van der Waals surface area contributed by atoms with Gasteiger partial charge in [-0.05, 0) is 25.7 Å². The molecule has 1 unspecified atom stereocenters. The first-order valence-electron chi connectivity index (χ1n) is 8.22. The van der Waals surface area contributed by atoms with Gasteiger partial charge in [-0.15, -0.1) is 5.11 Å². The minimum absolute atomic E-state index is 0.0261. The molecule has 0 fully saturated rings. The average Bonchev–Trinajstić information content (AvgIpc) is 2.97. The molecule has 0 aromatic heterocycles. The van der Waals surface area contributed by atoms with Crippen LogP contribution in [-0.4, -0.2) is 49.1 Å². The van der Waals surface area contributed by atoms with E-state index in [9.17, 15) is 22.4 Å². The minimum atomic E-state index is -4.80. The highest BCUT2D eigenvalue weighted by molar-refractivity contribution is 5.83. The van der Waals surface area contributed by atoms with Crippen LogP contribution < -0.4 is 4.74 Å². The third-order valence-electron chi connectivity index (χ3n) is 4.36. The van der Waals surface area contributed by atoms with Gasteiger partial charge in [0.2, 0.25) is 0 Å². The van der Waals surface area contributed by atoms with Crippen molar-refractivity contribution in [2.45, 2.75) is 19.3 Å². The molecule has 0 spiro atoms. The number of alkyl halides is 3. The molecule has 27 heavy (non-hydrogen) atoms. The van der Waals surface area contributed by atoms with E-state index in [1.165, 1.54) is 11.0 Å². The Labute approximate surface area is 153 Å². The van der Waals surface area contributed by atoms with Crippen LogP contribution in [0, 0.1) is 11.7 Å². The van der Waals surface area contributed by atoms with E-state index in [2.05, 4.69) is 10.2 Å². The van der Waals surface area contributed by atoms with Crippen molar-refractivity contribution < 1.29 is 27.1 Å². The lowest BCUT2D eigenvalue weighted by Crippen LogP contribution is -2.38. The fourth-order valence-electron chi connectivity index (χ4n) is 3.02. The number of azo groups is 1. The van der Waals surface area contributed by atoms with Crippen molar-refractivity contribution in [3.8, 4) is 5.75 Å². The van der Waals surface area contributed by atoms with Gasteiger partial charge < -0.3 is 14.5 Å². The molecule has 2 aliphatic rings. The Morgan fingerprint density at radius 1 is 1.30 bits per heavy atom. The number of hydrogen-bond acceptors (Lipinski definition) is 5. The van der Waals surface area contributed by atoms with Crippen LogP contribution in [0.3, 0.4) is 0 Å². The number of fused-ring (bicyclic) bond motifs is 1. The van der Waals surface area contributed by atoms with Crippen molar-refractivity contribution >= 4 is 5.91 Å². The summed E-state index contributed by atoms with van der Waals surface area (Å²) in [5, 5.41) is 6.35. The highest BCUT2D eigenvalue weighted by Crippen LogP contribution is 2.40. The summed E-state index contributed by atoms with van der Waals surface area (Å²) in [6.07, 6.45) is -3.88. The molecule has 6 nitrogen and oxygen atoms in total. The zero-order chi connectivity index (χ0) is 19.8. The molecule has 146 valence electrons. The Hall–Kier alpha value is -2.49. The number of benzene rings is 1. The van der Waals surface area contributed by atoms with Gasteiger partial charge in [0.1, 0.15) is 18.2 Å². The molecular formula is C17H18F4N4O2. The number of ether oxygens (including phenoxy) is 1. The molecule has 3 rings (SSSR count). The molecule has 2 heterocycles. The lowest BCUT2D eigenvalue weighted by molar-refractivity contribution is -0.177. The third kappa shape index (κ3) is 4.10. The molecule has 1 atom stereocenters. The first-order valence-corrected chi connectivity index (χ1v) is 8.22. The molecule has 10 heteroatoms. The van der Waals surface area contributed by atoms with Gasteiger partial charge in [0.05, 0.1) is 11.9 Å². The Bertz CT molecular complexity index is 805. The second kappa shape index (κ2) is 7.26. The number of carbonyl (C=O) groups excluding carboxylic acids is 1. The highest BCUT2D eigenvalue weighted by Gasteiger charge is 2.50. The molecule has 1 aromatic rings. The van der Waals surface area contributed by atoms with Gasteiger partial charge in [-0.3, -0.25) is 4.79 Å². The van der Waals surface area contributed by atoms with Gasteiger partial charge in [-0.25, -0.2) is 4.39 Å². The molecule has 1 amide bonds. The summed E-state index contributed by atoms with van der Waals surface area (Å²) < 4.78 is 59.8. The van der Waals surface area contributed by atoms with Crippen LogP contribution in [0.4, 0.5) is 17.6 Å². The number of hydrogen-bond donors (Lipinski definition) is 0. The second-order valence-electron chi connectivity index (χ2n) is 6.63. The predicted octanol–water partition coefficient (Wildman–Crippen LogP) is 3.09. The predicted molar refractivity (Wildman–Crippen MR) is 87.2 cm³/mol. The van der Waals surface area contributed by atoms with Crippen molar-refractivity contribution in [3.63, 3.8) is 0 Å². The van der Waals surface area contributed by atoms with E-state index in [-0.39, 0.29) is 24.4 Å². The quantitative estimate of drug-likeness (QED) is 0.730. The summed E-state index contributed by atoms with van der Waals surface area (Å²) in [7, 11) is 3.75. The standard InChI is InChI=1S/C17H18F4N4O2/c1-24(2)3-4-27-11-5-10-8-25(9-12(10)13(18)6-11)14-7-22-23-16(26)15(14)17(19,20)21/h5-7,15H,3-4,8-9H2,1-2H3. The maximum absolute atomic E-state index is 14.4. The lowest BCUT2D eigenvalue weighted by atomic mass is 10.0. The number of likely N-dealkylation sites (N-methyl/N-ethyl adjacent to an activating group) is 1. The third-order valence-corrected chi connectivity index (χ3v) is 4.36. The van der Waals surface area contributed by atoms with Crippen LogP contribution in [0.2, 0.25) is 0 Å². The number of nitrogens with zero attached hydrogens (tertiary/aromatic N) is 4. The van der Waals surface area contributed by atoms with E-state index in [0.717, 1.165) is 6.20 Å². The molecular weight excluding hydrogens is 368 g/mol. The zero-order valence-corrected chi connectivity index (χ0v) is 14.8. The van der Waals surface area contributed by atoms with Gasteiger partial charge in [0.15, 0.2) is 5.92 Å². The summed E-state index contributed by atoms with van der Waals surface area (Å²) in [6.45, 7) is 0.932. The molecule has 2 aliphatic heterocycles. The van der Waals surface area contributed by atoms with Crippen molar-refractivity contribution in [1.29, 1.82) is 0 Å². The van der Waals surface area contributed by atoms with Crippen LogP contribution in [-0.2, 0) is 17.9 Å². The number of carbonyl (C=O) groups is 1. The van der Waals surface area contributed by atoms with Gasteiger partial charge in [0, 0.05) is 31.3 Å². The monoisotopic (exact) mass is 386 g/mol. The Morgan fingerprint density at radius 2 is 2.04 bits per heavy atom. The van der Waals surface area contributed by atoms with Crippen LogP contribution >= 0.6 is 0 Å². The maximum atomic E-state index is 14.4. The van der Waals surface area contributed by atoms with Crippen LogP contribution in [0.25, 0.3) is 0 Å². The summed E-state index contributed by atoms with van der Waals surface area (Å²) in [5.41, 5.74) is 0.478. The SMILES string of the molecule is CN(C)CCOc1cc(F)c2c(c1)CN(C1=CN=NC(=O)C1C(F)(F)F)C2. The molecule has 0 saturated heterocycles. The molecule has 0 N–H and O–H groups in total. The molecule has 0 saturated carbocycles. The highest BCUT2D eigenvalue weighted by atomic mass is 19.4. The van der Waals surface area contributed by atoms with Crippen molar-refractivity contribution in [1.82, 2.24) is 9.80 Å². The van der Waals surface area contributed by atoms with Crippen molar-refractivity contribution in [2.24, 2.45) is 16.1 Å². The first kappa shape index (κ1) is 19.3. The summed E-state index contributed by atoms with van der Waals surface area (Å²) in [5.74, 6) is -3.99. The first-order chi connectivity index (χ1) is 12.7. The second-order valence-corrected chi connectivity index (χ2v) is 6.63. The van der Waals surface area contributed by atoms with E-state index in [1.807, 2.05) is 19.0 Å².